The lowest BCUT2D eigenvalue weighted by Crippen LogP contribution is -2.38. The maximum absolute atomic E-state index is 10.7. The first-order chi connectivity index (χ1) is 10.3. The van der Waals surface area contributed by atoms with E-state index in [0.717, 1.165) is 19.6 Å². The fourth-order valence-electron chi connectivity index (χ4n) is 2.88. The van der Waals surface area contributed by atoms with Crippen LogP contribution in [0.2, 0.25) is 0 Å². The van der Waals surface area contributed by atoms with Gasteiger partial charge in [0.1, 0.15) is 0 Å². The Hall–Kier alpha value is -1.55. The fraction of sp³-hybridized carbons (Fsp3) is 0.588. The Morgan fingerprint density at radius 2 is 1.81 bits per heavy atom. The number of anilines is 1. The number of hydrogen-bond donors (Lipinski definition) is 1. The molecule has 0 atom stereocenters. The minimum Gasteiger partial charge on any atom is -0.481 e. The molecule has 0 bridgehead atoms. The molecule has 0 aliphatic carbocycles. The fourth-order valence-corrected chi connectivity index (χ4v) is 2.88. The second kappa shape index (κ2) is 8.67. The number of aliphatic carboxylic acids is 1. The van der Waals surface area contributed by atoms with Crippen molar-refractivity contribution in [2.75, 3.05) is 37.6 Å². The van der Waals surface area contributed by atoms with Crippen LogP contribution in [0.25, 0.3) is 0 Å². The zero-order valence-electron chi connectivity index (χ0n) is 12.7. The first-order valence-corrected chi connectivity index (χ1v) is 8.00. The summed E-state index contributed by atoms with van der Waals surface area (Å²) in [6, 6.07) is 10.3. The van der Waals surface area contributed by atoms with Crippen LogP contribution in [0.3, 0.4) is 0 Å². The zero-order chi connectivity index (χ0) is 14.9. The van der Waals surface area contributed by atoms with Gasteiger partial charge in [-0.15, -0.1) is 0 Å². The highest BCUT2D eigenvalue weighted by molar-refractivity contribution is 5.66. The zero-order valence-corrected chi connectivity index (χ0v) is 12.7. The van der Waals surface area contributed by atoms with Crippen LogP contribution in [0.4, 0.5) is 5.69 Å². The van der Waals surface area contributed by atoms with Gasteiger partial charge in [-0.3, -0.25) is 4.79 Å². The van der Waals surface area contributed by atoms with Crippen molar-refractivity contribution in [1.29, 1.82) is 0 Å². The second-order valence-corrected chi connectivity index (χ2v) is 5.72. The van der Waals surface area contributed by atoms with Gasteiger partial charge in [-0.2, -0.15) is 0 Å². The van der Waals surface area contributed by atoms with Crippen molar-refractivity contribution in [3.8, 4) is 0 Å². The van der Waals surface area contributed by atoms with Crippen molar-refractivity contribution >= 4 is 11.7 Å². The quantitative estimate of drug-likeness (QED) is 0.799. The van der Waals surface area contributed by atoms with Gasteiger partial charge in [-0.25, -0.2) is 0 Å². The molecule has 1 aliphatic rings. The monoisotopic (exact) mass is 290 g/mol. The number of nitrogens with zero attached hydrogens (tertiary/aromatic N) is 2. The molecule has 1 saturated heterocycles. The van der Waals surface area contributed by atoms with Crippen molar-refractivity contribution in [2.24, 2.45) is 0 Å². The highest BCUT2D eigenvalue weighted by Crippen LogP contribution is 2.15. The smallest absolute Gasteiger partial charge is 0.303 e. The Kier molecular flexibility index (Phi) is 6.54. The molecule has 1 aromatic rings. The number of carbonyl (C=O) groups is 1. The van der Waals surface area contributed by atoms with Gasteiger partial charge >= 0.3 is 5.97 Å². The molecule has 0 spiro atoms. The lowest BCUT2D eigenvalue weighted by molar-refractivity contribution is -0.137. The van der Waals surface area contributed by atoms with E-state index in [1.165, 1.54) is 38.0 Å². The van der Waals surface area contributed by atoms with Crippen molar-refractivity contribution < 1.29 is 9.90 Å². The predicted molar refractivity (Wildman–Crippen MR) is 85.8 cm³/mol. The van der Waals surface area contributed by atoms with E-state index in [1.807, 2.05) is 18.2 Å². The van der Waals surface area contributed by atoms with E-state index in [2.05, 4.69) is 21.9 Å². The summed E-state index contributed by atoms with van der Waals surface area (Å²) in [4.78, 5) is 15.5. The van der Waals surface area contributed by atoms with Crippen LogP contribution < -0.4 is 4.90 Å². The molecule has 1 fully saturated rings. The van der Waals surface area contributed by atoms with E-state index < -0.39 is 5.97 Å². The summed E-state index contributed by atoms with van der Waals surface area (Å²) in [5.74, 6) is -0.709. The molecule has 1 N–H and O–H groups in total. The van der Waals surface area contributed by atoms with Gasteiger partial charge < -0.3 is 14.9 Å². The van der Waals surface area contributed by atoms with Crippen molar-refractivity contribution in [3.63, 3.8) is 0 Å². The number of likely N-dealkylation sites (tertiary alicyclic amines) is 1. The average Bonchev–Trinajstić information content (AvgIpc) is 2.52. The number of piperidine rings is 1. The molecule has 1 heterocycles. The van der Waals surface area contributed by atoms with Crippen LogP contribution in [0, 0.1) is 0 Å². The van der Waals surface area contributed by atoms with Crippen molar-refractivity contribution in [1.82, 2.24) is 4.90 Å². The summed E-state index contributed by atoms with van der Waals surface area (Å²) in [5, 5.41) is 8.80. The van der Waals surface area contributed by atoms with E-state index in [-0.39, 0.29) is 6.42 Å². The van der Waals surface area contributed by atoms with Gasteiger partial charge in [0.15, 0.2) is 0 Å². The van der Waals surface area contributed by atoms with Crippen LogP contribution >= 0.6 is 0 Å². The van der Waals surface area contributed by atoms with Crippen LogP contribution in [0.1, 0.15) is 32.1 Å². The molecule has 0 saturated carbocycles. The molecule has 2 rings (SSSR count). The first-order valence-electron chi connectivity index (χ1n) is 8.00. The lowest BCUT2D eigenvalue weighted by Gasteiger charge is -2.31. The van der Waals surface area contributed by atoms with Crippen LogP contribution in [-0.4, -0.2) is 48.7 Å². The minimum atomic E-state index is -0.709. The molecule has 4 heteroatoms. The second-order valence-electron chi connectivity index (χ2n) is 5.72. The summed E-state index contributed by atoms with van der Waals surface area (Å²) >= 11 is 0. The Morgan fingerprint density at radius 1 is 1.10 bits per heavy atom. The molecular weight excluding hydrogens is 264 g/mol. The van der Waals surface area contributed by atoms with E-state index in [9.17, 15) is 4.79 Å². The number of hydrogen-bond acceptors (Lipinski definition) is 3. The number of benzene rings is 1. The number of para-hydroxylation sites is 1. The largest absolute Gasteiger partial charge is 0.481 e. The van der Waals surface area contributed by atoms with Gasteiger partial charge in [-0.1, -0.05) is 24.6 Å². The minimum absolute atomic E-state index is 0.243. The molecular formula is C17H26N2O2. The van der Waals surface area contributed by atoms with E-state index in [0.29, 0.717) is 6.42 Å². The number of rotatable bonds is 8. The van der Waals surface area contributed by atoms with Gasteiger partial charge in [0.2, 0.25) is 0 Å². The molecule has 21 heavy (non-hydrogen) atoms. The Balaban J connectivity index is 1.86. The third-order valence-corrected chi connectivity index (χ3v) is 4.07. The Labute approximate surface area is 127 Å². The molecule has 0 aromatic heterocycles. The third-order valence-electron chi connectivity index (χ3n) is 4.07. The molecule has 0 unspecified atom stereocenters. The Bertz CT molecular complexity index is 416. The SMILES string of the molecule is O=C(O)CCCN(CCN1CCCCC1)c1ccccc1. The summed E-state index contributed by atoms with van der Waals surface area (Å²) < 4.78 is 0. The van der Waals surface area contributed by atoms with Gasteiger partial charge in [0, 0.05) is 31.7 Å². The summed E-state index contributed by atoms with van der Waals surface area (Å²) in [5.41, 5.74) is 1.19. The normalized spacial score (nSPS) is 15.8. The van der Waals surface area contributed by atoms with Crippen molar-refractivity contribution in [3.05, 3.63) is 30.3 Å². The molecule has 0 radical (unpaired) electrons. The van der Waals surface area contributed by atoms with Gasteiger partial charge in [-0.05, 0) is 44.5 Å². The molecule has 1 aliphatic heterocycles. The molecule has 4 nitrogen and oxygen atoms in total. The van der Waals surface area contributed by atoms with Gasteiger partial charge in [0.05, 0.1) is 0 Å². The van der Waals surface area contributed by atoms with Gasteiger partial charge in [0.25, 0.3) is 0 Å². The van der Waals surface area contributed by atoms with E-state index >= 15 is 0 Å². The summed E-state index contributed by atoms with van der Waals surface area (Å²) in [6.07, 6.45) is 4.92. The highest BCUT2D eigenvalue weighted by Gasteiger charge is 2.13. The predicted octanol–water partition coefficient (Wildman–Crippen LogP) is 2.84. The lowest BCUT2D eigenvalue weighted by atomic mass is 10.1. The van der Waals surface area contributed by atoms with Crippen LogP contribution in [0.5, 0.6) is 0 Å². The third kappa shape index (κ3) is 5.76. The number of carboxylic acids is 1. The molecule has 116 valence electrons. The standard InChI is InChI=1S/C17H26N2O2/c20-17(21)10-7-13-19(16-8-3-1-4-9-16)15-14-18-11-5-2-6-12-18/h1,3-4,8-9H,2,5-7,10-15H2,(H,20,21). The molecule has 1 aromatic carbocycles. The average molecular weight is 290 g/mol. The van der Waals surface area contributed by atoms with Crippen LogP contribution in [-0.2, 0) is 4.79 Å². The van der Waals surface area contributed by atoms with Crippen LogP contribution in [0.15, 0.2) is 30.3 Å². The van der Waals surface area contributed by atoms with Crippen molar-refractivity contribution in [2.45, 2.75) is 32.1 Å². The maximum atomic E-state index is 10.7. The Morgan fingerprint density at radius 3 is 2.48 bits per heavy atom. The van der Waals surface area contributed by atoms with E-state index in [1.54, 1.807) is 0 Å². The maximum Gasteiger partial charge on any atom is 0.303 e. The topological polar surface area (TPSA) is 43.8 Å². The van der Waals surface area contributed by atoms with E-state index in [4.69, 9.17) is 5.11 Å². The summed E-state index contributed by atoms with van der Waals surface area (Å²) in [6.45, 7) is 5.27. The number of carboxylic acid groups (broad SMARTS) is 1. The first kappa shape index (κ1) is 15.8. The highest BCUT2D eigenvalue weighted by atomic mass is 16.4. The molecule has 0 amide bonds. The summed E-state index contributed by atoms with van der Waals surface area (Å²) in [7, 11) is 0.